The van der Waals surface area contributed by atoms with Gasteiger partial charge in [0.05, 0.1) is 23.0 Å². The zero-order valence-electron chi connectivity index (χ0n) is 19.8. The topological polar surface area (TPSA) is 102 Å². The molecule has 35 heavy (non-hydrogen) atoms. The SMILES string of the molecule is CCc1nc2cc(OC)ccc2n1-c1ccc(CCN(C(=O)O)S(=O)(=O)c2ccc(C)cc2)cc1. The maximum absolute atomic E-state index is 12.9. The van der Waals surface area contributed by atoms with E-state index in [2.05, 4.69) is 4.57 Å². The summed E-state index contributed by atoms with van der Waals surface area (Å²) in [7, 11) is -2.54. The van der Waals surface area contributed by atoms with Crippen LogP contribution in [-0.4, -0.2) is 47.1 Å². The van der Waals surface area contributed by atoms with Gasteiger partial charge in [0.15, 0.2) is 0 Å². The van der Waals surface area contributed by atoms with Crippen LogP contribution in [-0.2, 0) is 22.9 Å². The van der Waals surface area contributed by atoms with Crippen LogP contribution in [0, 0.1) is 6.92 Å². The van der Waals surface area contributed by atoms with Gasteiger partial charge < -0.3 is 9.84 Å². The fraction of sp³-hybridized carbons (Fsp3) is 0.231. The minimum atomic E-state index is -4.16. The largest absolute Gasteiger partial charge is 0.497 e. The highest BCUT2D eigenvalue weighted by atomic mass is 32.2. The van der Waals surface area contributed by atoms with E-state index in [4.69, 9.17) is 9.72 Å². The number of nitrogens with zero attached hydrogens (tertiary/aromatic N) is 3. The first-order valence-electron chi connectivity index (χ1n) is 11.2. The number of aromatic nitrogens is 2. The van der Waals surface area contributed by atoms with Crippen molar-refractivity contribution in [2.24, 2.45) is 0 Å². The van der Waals surface area contributed by atoms with E-state index in [1.807, 2.05) is 56.3 Å². The first-order valence-corrected chi connectivity index (χ1v) is 12.7. The fourth-order valence-corrected chi connectivity index (χ4v) is 5.23. The van der Waals surface area contributed by atoms with Crippen LogP contribution in [0.15, 0.2) is 71.6 Å². The first kappa shape index (κ1) is 24.3. The Morgan fingerprint density at radius 3 is 2.34 bits per heavy atom. The van der Waals surface area contributed by atoms with Crippen molar-refractivity contribution in [1.82, 2.24) is 13.9 Å². The summed E-state index contributed by atoms with van der Waals surface area (Å²) in [6, 6.07) is 19.5. The third-order valence-corrected chi connectivity index (χ3v) is 7.65. The molecule has 8 nitrogen and oxygen atoms in total. The molecule has 1 N–H and O–H groups in total. The Morgan fingerprint density at radius 1 is 1.06 bits per heavy atom. The number of carboxylic acid groups (broad SMARTS) is 1. The quantitative estimate of drug-likeness (QED) is 0.378. The van der Waals surface area contributed by atoms with Gasteiger partial charge in [0.2, 0.25) is 0 Å². The van der Waals surface area contributed by atoms with Gasteiger partial charge in [-0.1, -0.05) is 36.8 Å². The van der Waals surface area contributed by atoms with E-state index in [-0.39, 0.29) is 17.9 Å². The predicted molar refractivity (Wildman–Crippen MR) is 134 cm³/mol. The number of hydrogen-bond acceptors (Lipinski definition) is 5. The zero-order chi connectivity index (χ0) is 25.2. The monoisotopic (exact) mass is 493 g/mol. The van der Waals surface area contributed by atoms with Gasteiger partial charge in [0.25, 0.3) is 10.0 Å². The van der Waals surface area contributed by atoms with Crippen molar-refractivity contribution >= 4 is 27.1 Å². The van der Waals surface area contributed by atoms with E-state index in [0.29, 0.717) is 4.31 Å². The molecule has 4 aromatic rings. The summed E-state index contributed by atoms with van der Waals surface area (Å²) in [4.78, 5) is 16.5. The summed E-state index contributed by atoms with van der Waals surface area (Å²) in [6.45, 7) is 3.69. The van der Waals surface area contributed by atoms with Crippen LogP contribution in [0.4, 0.5) is 4.79 Å². The number of amides is 1. The van der Waals surface area contributed by atoms with Gasteiger partial charge in [-0.25, -0.2) is 22.5 Å². The number of imidazole rings is 1. The standard InChI is InChI=1S/C26H27N3O5S/c1-4-25-27-23-17-21(34-3)11-14-24(23)29(25)20-9-7-19(8-10-20)15-16-28(26(30)31)35(32,33)22-12-5-18(2)6-13-22/h5-14,17H,4,15-16H2,1-3H3,(H,30,31). The van der Waals surface area contributed by atoms with Gasteiger partial charge in [-0.05, 0) is 55.3 Å². The molecule has 0 radical (unpaired) electrons. The summed E-state index contributed by atoms with van der Waals surface area (Å²) in [6.07, 6.45) is -0.515. The van der Waals surface area contributed by atoms with Gasteiger partial charge in [0.1, 0.15) is 11.6 Å². The Balaban J connectivity index is 1.56. The van der Waals surface area contributed by atoms with Crippen molar-refractivity contribution in [3.05, 3.63) is 83.7 Å². The van der Waals surface area contributed by atoms with Crippen LogP contribution in [0.5, 0.6) is 5.75 Å². The average Bonchev–Trinajstić information content (AvgIpc) is 3.22. The predicted octanol–water partition coefficient (Wildman–Crippen LogP) is 4.82. The molecule has 1 amide bonds. The first-order chi connectivity index (χ1) is 16.7. The molecule has 0 spiro atoms. The molecule has 0 saturated carbocycles. The highest BCUT2D eigenvalue weighted by molar-refractivity contribution is 7.89. The Labute approximate surface area is 204 Å². The molecule has 0 fully saturated rings. The molecule has 1 aromatic heterocycles. The number of sulfonamides is 1. The summed E-state index contributed by atoms with van der Waals surface area (Å²) in [5.41, 5.74) is 4.42. The fourth-order valence-electron chi connectivity index (χ4n) is 3.96. The second kappa shape index (κ2) is 9.79. The summed E-state index contributed by atoms with van der Waals surface area (Å²) in [5, 5.41) is 9.60. The van der Waals surface area contributed by atoms with E-state index in [1.54, 1.807) is 19.2 Å². The second-order valence-corrected chi connectivity index (χ2v) is 10.0. The zero-order valence-corrected chi connectivity index (χ0v) is 20.6. The van der Waals surface area contributed by atoms with Crippen molar-refractivity contribution in [3.63, 3.8) is 0 Å². The minimum absolute atomic E-state index is 0.0449. The van der Waals surface area contributed by atoms with Crippen molar-refractivity contribution in [2.75, 3.05) is 13.7 Å². The molecule has 0 atom stereocenters. The molecule has 0 aliphatic heterocycles. The molecule has 3 aromatic carbocycles. The van der Waals surface area contributed by atoms with Crippen molar-refractivity contribution in [1.29, 1.82) is 0 Å². The molecule has 182 valence electrons. The van der Waals surface area contributed by atoms with Gasteiger partial charge in [-0.2, -0.15) is 0 Å². The van der Waals surface area contributed by atoms with Gasteiger partial charge >= 0.3 is 6.09 Å². The number of carbonyl (C=O) groups is 1. The van der Waals surface area contributed by atoms with Crippen LogP contribution >= 0.6 is 0 Å². The average molecular weight is 494 g/mol. The maximum Gasteiger partial charge on any atom is 0.421 e. The molecule has 0 aliphatic rings. The Kier molecular flexibility index (Phi) is 6.79. The number of rotatable bonds is 8. The van der Waals surface area contributed by atoms with E-state index < -0.39 is 16.1 Å². The van der Waals surface area contributed by atoms with Crippen molar-refractivity contribution in [3.8, 4) is 11.4 Å². The molecular formula is C26H27N3O5S. The summed E-state index contributed by atoms with van der Waals surface area (Å²) in [5.74, 6) is 1.64. The van der Waals surface area contributed by atoms with Crippen LogP contribution in [0.2, 0.25) is 0 Å². The molecule has 1 heterocycles. The summed E-state index contributed by atoms with van der Waals surface area (Å²) >= 11 is 0. The summed E-state index contributed by atoms with van der Waals surface area (Å²) < 4.78 is 33.6. The van der Waals surface area contributed by atoms with E-state index in [1.165, 1.54) is 12.1 Å². The Bertz CT molecular complexity index is 1460. The third kappa shape index (κ3) is 4.85. The van der Waals surface area contributed by atoms with Gasteiger partial charge in [-0.3, -0.25) is 4.57 Å². The van der Waals surface area contributed by atoms with Gasteiger partial charge in [-0.15, -0.1) is 0 Å². The van der Waals surface area contributed by atoms with Crippen LogP contribution in [0.25, 0.3) is 16.7 Å². The lowest BCUT2D eigenvalue weighted by molar-refractivity contribution is 0.172. The van der Waals surface area contributed by atoms with Gasteiger partial charge in [0, 0.05) is 24.7 Å². The van der Waals surface area contributed by atoms with E-state index in [9.17, 15) is 18.3 Å². The van der Waals surface area contributed by atoms with Crippen molar-refractivity contribution < 1.29 is 23.1 Å². The number of fused-ring (bicyclic) bond motifs is 1. The molecule has 0 bridgehead atoms. The smallest absolute Gasteiger partial charge is 0.421 e. The number of ether oxygens (including phenoxy) is 1. The molecule has 0 aliphatic carbocycles. The highest BCUT2D eigenvalue weighted by Crippen LogP contribution is 2.26. The Morgan fingerprint density at radius 2 is 1.74 bits per heavy atom. The van der Waals surface area contributed by atoms with Crippen LogP contribution in [0.1, 0.15) is 23.9 Å². The molecule has 9 heteroatoms. The lowest BCUT2D eigenvalue weighted by Gasteiger charge is -2.19. The highest BCUT2D eigenvalue weighted by Gasteiger charge is 2.28. The van der Waals surface area contributed by atoms with E-state index >= 15 is 0 Å². The lowest BCUT2D eigenvalue weighted by atomic mass is 10.1. The molecule has 0 unspecified atom stereocenters. The van der Waals surface area contributed by atoms with Crippen LogP contribution < -0.4 is 4.74 Å². The number of methoxy groups -OCH3 is 1. The molecular weight excluding hydrogens is 466 g/mol. The number of hydrogen-bond donors (Lipinski definition) is 1. The normalized spacial score (nSPS) is 11.5. The maximum atomic E-state index is 12.9. The third-order valence-electron chi connectivity index (χ3n) is 5.87. The molecule has 0 saturated heterocycles. The minimum Gasteiger partial charge on any atom is -0.497 e. The van der Waals surface area contributed by atoms with E-state index in [0.717, 1.165) is 45.8 Å². The molecule has 4 rings (SSSR count). The second-order valence-electron chi connectivity index (χ2n) is 8.16. The van der Waals surface area contributed by atoms with Crippen LogP contribution in [0.3, 0.4) is 0 Å². The van der Waals surface area contributed by atoms with Crippen molar-refractivity contribution in [2.45, 2.75) is 31.6 Å². The number of benzene rings is 3. The lowest BCUT2D eigenvalue weighted by Crippen LogP contribution is -2.37. The Hall–Kier alpha value is -3.85. The number of aryl methyl sites for hydroxylation is 2.